The van der Waals surface area contributed by atoms with Gasteiger partial charge in [-0.3, -0.25) is 9.69 Å². The van der Waals surface area contributed by atoms with Gasteiger partial charge in [-0.05, 0) is 28.8 Å². The fourth-order valence-electron chi connectivity index (χ4n) is 5.52. The molecule has 0 bridgehead atoms. The second-order valence-corrected chi connectivity index (χ2v) is 8.91. The summed E-state index contributed by atoms with van der Waals surface area (Å²) in [7, 11) is 0. The minimum Gasteiger partial charge on any atom is -0.395 e. The molecule has 1 spiro atoms. The molecular formula is C27H27FN2O2. The number of hydrogen-bond acceptors (Lipinski definition) is 3. The summed E-state index contributed by atoms with van der Waals surface area (Å²) in [5.41, 5.74) is 2.82. The molecule has 2 heterocycles. The van der Waals surface area contributed by atoms with Crippen molar-refractivity contribution in [2.24, 2.45) is 0 Å². The highest BCUT2D eigenvalue weighted by molar-refractivity contribution is 5.80. The van der Waals surface area contributed by atoms with Crippen LogP contribution in [0.4, 0.5) is 4.39 Å². The first-order valence-electron chi connectivity index (χ1n) is 11.1. The maximum Gasteiger partial charge on any atom is 0.227 e. The fraction of sp³-hybridized carbons (Fsp3) is 0.296. The summed E-state index contributed by atoms with van der Waals surface area (Å²) >= 11 is 0. The molecule has 0 aromatic heterocycles. The van der Waals surface area contributed by atoms with Gasteiger partial charge in [-0.25, -0.2) is 4.39 Å². The summed E-state index contributed by atoms with van der Waals surface area (Å²) in [4.78, 5) is 17.1. The van der Waals surface area contributed by atoms with Gasteiger partial charge in [0.15, 0.2) is 0 Å². The van der Waals surface area contributed by atoms with Crippen molar-refractivity contribution in [3.8, 4) is 0 Å². The van der Waals surface area contributed by atoms with Gasteiger partial charge in [0.1, 0.15) is 5.82 Å². The van der Waals surface area contributed by atoms with Gasteiger partial charge in [0, 0.05) is 31.6 Å². The molecule has 2 atom stereocenters. The number of nitrogens with zero attached hydrogens (tertiary/aromatic N) is 2. The van der Waals surface area contributed by atoms with Crippen LogP contribution in [0, 0.1) is 5.82 Å². The normalized spacial score (nSPS) is 21.8. The van der Waals surface area contributed by atoms with Crippen molar-refractivity contribution in [3.63, 3.8) is 0 Å². The average Bonchev–Trinajstić information content (AvgIpc) is 2.77. The zero-order chi connectivity index (χ0) is 22.1. The van der Waals surface area contributed by atoms with Crippen LogP contribution in [0.15, 0.2) is 84.9 Å². The van der Waals surface area contributed by atoms with E-state index in [4.69, 9.17) is 0 Å². The molecule has 2 aliphatic heterocycles. The van der Waals surface area contributed by atoms with Gasteiger partial charge in [-0.1, -0.05) is 72.8 Å². The molecule has 164 valence electrons. The molecule has 2 aliphatic rings. The lowest BCUT2D eigenvalue weighted by Gasteiger charge is -2.71. The number of likely N-dealkylation sites (tertiary alicyclic amines) is 2. The molecule has 1 amide bonds. The number of aliphatic hydroxyl groups is 1. The van der Waals surface area contributed by atoms with Crippen LogP contribution in [0.3, 0.4) is 0 Å². The molecule has 3 aromatic rings. The fourth-order valence-corrected chi connectivity index (χ4v) is 5.52. The summed E-state index contributed by atoms with van der Waals surface area (Å²) < 4.78 is 13.8. The maximum absolute atomic E-state index is 13.8. The zero-order valence-electron chi connectivity index (χ0n) is 17.9. The Labute approximate surface area is 187 Å². The Balaban J connectivity index is 1.39. The summed E-state index contributed by atoms with van der Waals surface area (Å²) in [6, 6.07) is 26.6. The van der Waals surface area contributed by atoms with Crippen molar-refractivity contribution in [1.29, 1.82) is 0 Å². The van der Waals surface area contributed by atoms with E-state index < -0.39 is 0 Å². The molecule has 0 radical (unpaired) electrons. The van der Waals surface area contributed by atoms with Crippen molar-refractivity contribution in [3.05, 3.63) is 107 Å². The predicted molar refractivity (Wildman–Crippen MR) is 121 cm³/mol. The SMILES string of the molecule is O=C(Cc1ccccc1)N1CC2(C1)[C@H](c1ccccc1)[C@H](CO)N2Cc1cccc(F)c1. The van der Waals surface area contributed by atoms with E-state index in [1.54, 1.807) is 12.1 Å². The first-order valence-corrected chi connectivity index (χ1v) is 11.1. The quantitative estimate of drug-likeness (QED) is 0.650. The minimum absolute atomic E-state index is 0.0224. The number of hydrogen-bond donors (Lipinski definition) is 1. The number of benzene rings is 3. The van der Waals surface area contributed by atoms with E-state index in [0.717, 1.165) is 11.1 Å². The van der Waals surface area contributed by atoms with Gasteiger partial charge in [0.05, 0.1) is 18.6 Å². The Morgan fingerprint density at radius 3 is 2.25 bits per heavy atom. The third-order valence-corrected chi connectivity index (χ3v) is 7.00. The third kappa shape index (κ3) is 3.61. The van der Waals surface area contributed by atoms with Gasteiger partial charge in [0.25, 0.3) is 0 Å². The minimum atomic E-state index is -0.259. The smallest absolute Gasteiger partial charge is 0.227 e. The highest BCUT2D eigenvalue weighted by atomic mass is 19.1. The van der Waals surface area contributed by atoms with E-state index in [2.05, 4.69) is 17.0 Å². The lowest BCUT2D eigenvalue weighted by atomic mass is 9.60. The first kappa shape index (κ1) is 20.9. The van der Waals surface area contributed by atoms with Crippen LogP contribution in [0.25, 0.3) is 0 Å². The van der Waals surface area contributed by atoms with E-state index in [9.17, 15) is 14.3 Å². The highest BCUT2D eigenvalue weighted by Gasteiger charge is 2.66. The molecule has 5 heteroatoms. The summed E-state index contributed by atoms with van der Waals surface area (Å²) in [6.07, 6.45) is 0.389. The Bertz CT molecular complexity index is 1080. The molecule has 0 unspecified atom stereocenters. The standard InChI is InChI=1S/C27H27FN2O2/c28-23-13-7-10-21(14-23)16-30-24(17-31)26(22-11-5-2-6-12-22)27(30)18-29(19-27)25(32)15-20-8-3-1-4-9-20/h1-14,24,26,31H,15-19H2/t24-,26+/m0/s1. The Morgan fingerprint density at radius 2 is 1.59 bits per heavy atom. The molecule has 2 saturated heterocycles. The van der Waals surface area contributed by atoms with E-state index in [1.165, 1.54) is 11.6 Å². The maximum atomic E-state index is 13.8. The molecule has 5 rings (SSSR count). The number of halogens is 1. The molecular weight excluding hydrogens is 403 g/mol. The van der Waals surface area contributed by atoms with Crippen molar-refractivity contribution < 1.29 is 14.3 Å². The third-order valence-electron chi connectivity index (χ3n) is 7.00. The lowest BCUT2D eigenvalue weighted by molar-refractivity contribution is -0.199. The molecule has 2 fully saturated rings. The van der Waals surface area contributed by atoms with Crippen molar-refractivity contribution >= 4 is 5.91 Å². The Kier molecular flexibility index (Phi) is 5.53. The average molecular weight is 431 g/mol. The number of carbonyl (C=O) groups is 1. The van der Waals surface area contributed by atoms with Crippen molar-refractivity contribution in [2.45, 2.75) is 30.5 Å². The predicted octanol–water partition coefficient (Wildman–Crippen LogP) is 3.61. The van der Waals surface area contributed by atoms with Gasteiger partial charge >= 0.3 is 0 Å². The second-order valence-electron chi connectivity index (χ2n) is 8.91. The summed E-state index contributed by atoms with van der Waals surface area (Å²) in [5.74, 6) is -0.0136. The van der Waals surface area contributed by atoms with Crippen molar-refractivity contribution in [1.82, 2.24) is 9.80 Å². The molecule has 4 nitrogen and oxygen atoms in total. The first-order chi connectivity index (χ1) is 15.6. The second kappa shape index (κ2) is 8.49. The number of rotatable bonds is 6. The van der Waals surface area contributed by atoms with Crippen LogP contribution in [0.1, 0.15) is 22.6 Å². The zero-order valence-corrected chi connectivity index (χ0v) is 17.9. The van der Waals surface area contributed by atoms with Gasteiger partial charge in [0.2, 0.25) is 5.91 Å². The van der Waals surface area contributed by atoms with Crippen LogP contribution in [0.2, 0.25) is 0 Å². The number of aliphatic hydroxyl groups excluding tert-OH is 1. The van der Waals surface area contributed by atoms with E-state index in [0.29, 0.717) is 26.1 Å². The van der Waals surface area contributed by atoms with Crippen LogP contribution in [-0.2, 0) is 17.8 Å². The topological polar surface area (TPSA) is 43.8 Å². The molecule has 0 saturated carbocycles. The van der Waals surface area contributed by atoms with E-state index in [1.807, 2.05) is 59.5 Å². The van der Waals surface area contributed by atoms with Gasteiger partial charge in [-0.15, -0.1) is 0 Å². The Morgan fingerprint density at radius 1 is 0.938 bits per heavy atom. The molecule has 1 N–H and O–H groups in total. The number of carbonyl (C=O) groups excluding carboxylic acids is 1. The summed E-state index contributed by atoms with van der Waals surface area (Å²) in [6.45, 7) is 1.80. The van der Waals surface area contributed by atoms with Crippen LogP contribution < -0.4 is 0 Å². The van der Waals surface area contributed by atoms with Gasteiger partial charge in [-0.2, -0.15) is 0 Å². The van der Waals surface area contributed by atoms with Crippen molar-refractivity contribution in [2.75, 3.05) is 19.7 Å². The largest absolute Gasteiger partial charge is 0.395 e. The monoisotopic (exact) mass is 430 g/mol. The highest BCUT2D eigenvalue weighted by Crippen LogP contribution is 2.54. The van der Waals surface area contributed by atoms with E-state index >= 15 is 0 Å². The summed E-state index contributed by atoms with van der Waals surface area (Å²) in [5, 5.41) is 10.2. The van der Waals surface area contributed by atoms with Gasteiger partial charge < -0.3 is 10.0 Å². The molecule has 0 aliphatic carbocycles. The Hall–Kier alpha value is -3.02. The molecule has 32 heavy (non-hydrogen) atoms. The lowest BCUT2D eigenvalue weighted by Crippen LogP contribution is -2.84. The number of amides is 1. The van der Waals surface area contributed by atoms with Crippen LogP contribution >= 0.6 is 0 Å². The van der Waals surface area contributed by atoms with E-state index in [-0.39, 0.29) is 35.8 Å². The van der Waals surface area contributed by atoms with Crippen LogP contribution in [-0.4, -0.2) is 52.1 Å². The molecule has 3 aromatic carbocycles. The van der Waals surface area contributed by atoms with Crippen LogP contribution in [0.5, 0.6) is 0 Å².